The summed E-state index contributed by atoms with van der Waals surface area (Å²) in [5, 5.41) is 12.4. The molecule has 6 nitrogen and oxygen atoms in total. The van der Waals surface area contributed by atoms with E-state index in [0.717, 1.165) is 43.1 Å². The minimum Gasteiger partial charge on any atom is -0.352 e. The third-order valence-corrected chi connectivity index (χ3v) is 5.54. The second-order valence-electron chi connectivity index (χ2n) is 6.93. The Morgan fingerprint density at radius 3 is 3.04 bits per heavy atom. The topological polar surface area (TPSA) is 62.1 Å². The molecule has 1 fully saturated rings. The largest absolute Gasteiger partial charge is 0.352 e. The number of anilines is 1. The van der Waals surface area contributed by atoms with Crippen molar-refractivity contribution in [2.24, 2.45) is 0 Å². The summed E-state index contributed by atoms with van der Waals surface area (Å²) in [7, 11) is 0. The summed E-state index contributed by atoms with van der Waals surface area (Å²) in [4.78, 5) is 7.10. The van der Waals surface area contributed by atoms with E-state index in [1.807, 2.05) is 16.8 Å². The highest BCUT2D eigenvalue weighted by molar-refractivity contribution is 5.52. The summed E-state index contributed by atoms with van der Waals surface area (Å²) in [6, 6.07) is 4.17. The van der Waals surface area contributed by atoms with Gasteiger partial charge >= 0.3 is 0 Å². The number of hydrogen-bond acceptors (Lipinski definition) is 4. The van der Waals surface area contributed by atoms with Crippen molar-refractivity contribution in [1.82, 2.24) is 24.8 Å². The monoisotopic (exact) mass is 322 g/mol. The van der Waals surface area contributed by atoms with E-state index in [9.17, 15) is 0 Å². The van der Waals surface area contributed by atoms with Gasteiger partial charge in [0, 0.05) is 54.5 Å². The number of aromatic nitrogens is 5. The molecule has 24 heavy (non-hydrogen) atoms. The lowest BCUT2D eigenvalue weighted by Crippen LogP contribution is -2.32. The molecule has 5 rings (SSSR count). The van der Waals surface area contributed by atoms with Crippen molar-refractivity contribution in [2.75, 3.05) is 11.4 Å². The molecule has 1 saturated carbocycles. The Balaban J connectivity index is 1.55. The Morgan fingerprint density at radius 1 is 1.33 bits per heavy atom. The Kier molecular flexibility index (Phi) is 3.11. The molecule has 3 aromatic heterocycles. The predicted molar refractivity (Wildman–Crippen MR) is 92.3 cm³/mol. The van der Waals surface area contributed by atoms with Crippen molar-refractivity contribution in [3.05, 3.63) is 41.0 Å². The summed E-state index contributed by atoms with van der Waals surface area (Å²) in [5.41, 5.74) is 6.11. The van der Waals surface area contributed by atoms with Crippen molar-refractivity contribution in [2.45, 2.75) is 51.5 Å². The molecule has 2 aliphatic rings. The van der Waals surface area contributed by atoms with Gasteiger partial charge < -0.3 is 4.90 Å². The van der Waals surface area contributed by atoms with E-state index in [1.165, 1.54) is 36.2 Å². The molecule has 6 heteroatoms. The van der Waals surface area contributed by atoms with Gasteiger partial charge in [0.15, 0.2) is 5.65 Å². The van der Waals surface area contributed by atoms with Crippen LogP contribution in [0, 0.1) is 0 Å². The van der Waals surface area contributed by atoms with Crippen LogP contribution in [-0.2, 0) is 19.4 Å². The third-order valence-electron chi connectivity index (χ3n) is 5.54. The Labute approximate surface area is 140 Å². The second kappa shape index (κ2) is 5.33. The van der Waals surface area contributed by atoms with Crippen LogP contribution in [0.3, 0.4) is 0 Å². The summed E-state index contributed by atoms with van der Waals surface area (Å²) in [5.74, 6) is 1.81. The zero-order valence-corrected chi connectivity index (χ0v) is 14.0. The molecule has 4 heterocycles. The van der Waals surface area contributed by atoms with Crippen molar-refractivity contribution in [1.29, 1.82) is 0 Å². The van der Waals surface area contributed by atoms with E-state index >= 15 is 0 Å². The molecule has 124 valence electrons. The molecule has 0 unspecified atom stereocenters. The van der Waals surface area contributed by atoms with Gasteiger partial charge in [-0.05, 0) is 19.3 Å². The first-order valence-electron chi connectivity index (χ1n) is 8.98. The highest BCUT2D eigenvalue weighted by Crippen LogP contribution is 2.39. The Bertz CT molecular complexity index is 888. The van der Waals surface area contributed by atoms with Crippen LogP contribution >= 0.6 is 0 Å². The molecule has 3 aromatic rings. The first kappa shape index (κ1) is 14.0. The van der Waals surface area contributed by atoms with E-state index in [4.69, 9.17) is 0 Å². The summed E-state index contributed by atoms with van der Waals surface area (Å²) in [6.07, 6.45) is 7.70. The Morgan fingerprint density at radius 2 is 2.25 bits per heavy atom. The lowest BCUT2D eigenvalue weighted by atomic mass is 9.81. The zero-order valence-electron chi connectivity index (χ0n) is 14.0. The SMILES string of the molecule is CCc1cc(N2CCc3[nH]nc(C4CCC4)c3C2)n2nccc2n1. The number of aryl methyl sites for hydroxylation is 1. The van der Waals surface area contributed by atoms with Gasteiger partial charge in [0.25, 0.3) is 0 Å². The molecule has 1 N–H and O–H groups in total. The number of fused-ring (bicyclic) bond motifs is 2. The van der Waals surface area contributed by atoms with Gasteiger partial charge in [0.1, 0.15) is 5.82 Å². The zero-order chi connectivity index (χ0) is 16.1. The van der Waals surface area contributed by atoms with Crippen LogP contribution in [0.25, 0.3) is 5.65 Å². The minimum atomic E-state index is 0.665. The van der Waals surface area contributed by atoms with Gasteiger partial charge in [-0.15, -0.1) is 0 Å². The van der Waals surface area contributed by atoms with E-state index in [1.54, 1.807) is 0 Å². The fraction of sp³-hybridized carbons (Fsp3) is 0.500. The quantitative estimate of drug-likeness (QED) is 0.805. The van der Waals surface area contributed by atoms with Crippen molar-refractivity contribution in [3.63, 3.8) is 0 Å². The Hall–Kier alpha value is -2.37. The molecule has 1 aliphatic carbocycles. The van der Waals surface area contributed by atoms with E-state index in [-0.39, 0.29) is 0 Å². The predicted octanol–water partition coefficient (Wildman–Crippen LogP) is 2.85. The molecule has 0 radical (unpaired) electrons. The number of nitrogens with zero attached hydrogens (tertiary/aromatic N) is 5. The van der Waals surface area contributed by atoms with Crippen LogP contribution in [-0.4, -0.2) is 31.3 Å². The van der Waals surface area contributed by atoms with Crippen molar-refractivity contribution < 1.29 is 0 Å². The van der Waals surface area contributed by atoms with Crippen LogP contribution in [0.5, 0.6) is 0 Å². The number of rotatable bonds is 3. The third kappa shape index (κ3) is 2.05. The number of nitrogens with one attached hydrogen (secondary N) is 1. The highest BCUT2D eigenvalue weighted by atomic mass is 15.3. The summed E-state index contributed by atoms with van der Waals surface area (Å²) >= 11 is 0. The van der Waals surface area contributed by atoms with Gasteiger partial charge in [0.05, 0.1) is 11.9 Å². The second-order valence-corrected chi connectivity index (χ2v) is 6.93. The summed E-state index contributed by atoms with van der Waals surface area (Å²) < 4.78 is 1.97. The molecule has 1 aliphatic heterocycles. The van der Waals surface area contributed by atoms with Crippen LogP contribution in [0.2, 0.25) is 0 Å². The van der Waals surface area contributed by atoms with Crippen molar-refractivity contribution >= 4 is 11.5 Å². The number of hydrogen-bond donors (Lipinski definition) is 1. The lowest BCUT2D eigenvalue weighted by molar-refractivity contribution is 0.408. The molecule has 0 saturated heterocycles. The average Bonchev–Trinajstić information content (AvgIpc) is 3.19. The summed E-state index contributed by atoms with van der Waals surface area (Å²) in [6.45, 7) is 4.05. The van der Waals surface area contributed by atoms with Gasteiger partial charge in [0.2, 0.25) is 0 Å². The van der Waals surface area contributed by atoms with E-state index in [0.29, 0.717) is 5.92 Å². The maximum atomic E-state index is 4.67. The van der Waals surface area contributed by atoms with Gasteiger partial charge in [-0.3, -0.25) is 5.10 Å². The number of aromatic amines is 1. The normalized spacial score (nSPS) is 18.0. The smallest absolute Gasteiger partial charge is 0.157 e. The molecule has 0 amide bonds. The van der Waals surface area contributed by atoms with Gasteiger partial charge in [-0.1, -0.05) is 13.3 Å². The van der Waals surface area contributed by atoms with Crippen LogP contribution < -0.4 is 4.90 Å². The van der Waals surface area contributed by atoms with Gasteiger partial charge in [-0.2, -0.15) is 14.7 Å². The fourth-order valence-corrected chi connectivity index (χ4v) is 3.89. The van der Waals surface area contributed by atoms with Crippen molar-refractivity contribution in [3.8, 4) is 0 Å². The molecular weight excluding hydrogens is 300 g/mol. The standard InChI is InChI=1S/C18H22N6/c1-2-13-10-17(24-16(20-13)6-8-19-24)23-9-7-15-14(11-23)18(22-21-15)12-4-3-5-12/h6,8,10,12H,2-5,7,9,11H2,1H3,(H,21,22). The van der Waals surface area contributed by atoms with Crippen LogP contribution in [0.4, 0.5) is 5.82 Å². The molecule has 0 aromatic carbocycles. The minimum absolute atomic E-state index is 0.665. The molecule has 0 atom stereocenters. The first-order valence-corrected chi connectivity index (χ1v) is 8.98. The maximum Gasteiger partial charge on any atom is 0.157 e. The van der Waals surface area contributed by atoms with Crippen LogP contribution in [0.1, 0.15) is 54.7 Å². The lowest BCUT2D eigenvalue weighted by Gasteiger charge is -2.31. The maximum absolute atomic E-state index is 4.67. The fourth-order valence-electron chi connectivity index (χ4n) is 3.89. The number of H-pyrrole nitrogens is 1. The van der Waals surface area contributed by atoms with Crippen LogP contribution in [0.15, 0.2) is 18.3 Å². The molecular formula is C18H22N6. The highest BCUT2D eigenvalue weighted by Gasteiger charge is 2.30. The van der Waals surface area contributed by atoms with E-state index in [2.05, 4.69) is 38.2 Å². The van der Waals surface area contributed by atoms with E-state index < -0.39 is 0 Å². The molecule has 0 spiro atoms. The average molecular weight is 322 g/mol. The van der Waals surface area contributed by atoms with Gasteiger partial charge in [-0.25, -0.2) is 4.98 Å². The first-order chi connectivity index (χ1) is 11.8. The molecule has 0 bridgehead atoms.